The fourth-order valence-corrected chi connectivity index (χ4v) is 5.11. The summed E-state index contributed by atoms with van der Waals surface area (Å²) in [4.78, 5) is 37.8. The summed E-state index contributed by atoms with van der Waals surface area (Å²) in [6.07, 6.45) is 2.37. The molecular formula is C29H34BrN7O3. The van der Waals surface area contributed by atoms with E-state index in [0.717, 1.165) is 25.2 Å². The van der Waals surface area contributed by atoms with Gasteiger partial charge in [0.05, 0.1) is 15.7 Å². The zero-order valence-corrected chi connectivity index (χ0v) is 24.7. The number of anilines is 4. The maximum Gasteiger partial charge on any atom is 0.410 e. The van der Waals surface area contributed by atoms with E-state index in [2.05, 4.69) is 58.9 Å². The summed E-state index contributed by atoms with van der Waals surface area (Å²) in [6, 6.07) is 14.0. The van der Waals surface area contributed by atoms with Crippen molar-refractivity contribution in [2.24, 2.45) is 0 Å². The van der Waals surface area contributed by atoms with Crippen LogP contribution in [-0.4, -0.2) is 70.1 Å². The molecule has 2 aliphatic heterocycles. The maximum atomic E-state index is 12.3. The minimum Gasteiger partial charge on any atom is -0.444 e. The van der Waals surface area contributed by atoms with Crippen molar-refractivity contribution in [1.82, 2.24) is 25.1 Å². The Hall–Kier alpha value is -3.70. The van der Waals surface area contributed by atoms with E-state index in [0.29, 0.717) is 46.6 Å². The molecule has 3 N–H and O–H groups in total. The first-order valence-corrected chi connectivity index (χ1v) is 14.1. The number of fused-ring (bicyclic) bond motifs is 1. The molecular weight excluding hydrogens is 574 g/mol. The lowest BCUT2D eigenvalue weighted by atomic mass is 9.96. The van der Waals surface area contributed by atoms with Crippen LogP contribution in [0.3, 0.4) is 0 Å². The summed E-state index contributed by atoms with van der Waals surface area (Å²) < 4.78 is 6.16. The highest BCUT2D eigenvalue weighted by Crippen LogP contribution is 2.30. The van der Waals surface area contributed by atoms with E-state index in [1.807, 2.05) is 45.0 Å². The average Bonchev–Trinajstić information content (AvgIpc) is 2.88. The summed E-state index contributed by atoms with van der Waals surface area (Å²) in [5, 5.41) is 9.22. The van der Waals surface area contributed by atoms with Gasteiger partial charge >= 0.3 is 6.09 Å². The lowest BCUT2D eigenvalue weighted by Gasteiger charge is -2.46. The number of halogens is 1. The van der Waals surface area contributed by atoms with E-state index in [4.69, 9.17) is 4.74 Å². The van der Waals surface area contributed by atoms with Gasteiger partial charge < -0.3 is 25.6 Å². The number of carbonyl (C=O) groups is 2. The molecule has 0 atom stereocenters. The normalized spacial score (nSPS) is 15.6. The van der Waals surface area contributed by atoms with Crippen LogP contribution >= 0.6 is 15.9 Å². The van der Waals surface area contributed by atoms with Crippen molar-refractivity contribution in [1.29, 1.82) is 0 Å². The Balaban J connectivity index is 1.22. The SMILES string of the molecule is CNC(=O)c1ccccc1Nc1nc(Nc2ccc3c(c2)CCN(C2CN(C(=O)OC(C)(C)C)C2)C3)ncc1Br. The van der Waals surface area contributed by atoms with Crippen LogP contribution in [0.5, 0.6) is 0 Å². The highest BCUT2D eigenvalue weighted by Gasteiger charge is 2.38. The van der Waals surface area contributed by atoms with Gasteiger partial charge in [-0.05, 0) is 78.5 Å². The summed E-state index contributed by atoms with van der Waals surface area (Å²) in [5.74, 6) is 0.803. The second-order valence-corrected chi connectivity index (χ2v) is 11.9. The number of nitrogens with one attached hydrogen (secondary N) is 3. The van der Waals surface area contributed by atoms with Gasteiger partial charge in [0.1, 0.15) is 11.4 Å². The molecule has 0 radical (unpaired) electrons. The first-order chi connectivity index (χ1) is 19.1. The van der Waals surface area contributed by atoms with Gasteiger partial charge in [-0.1, -0.05) is 18.2 Å². The van der Waals surface area contributed by atoms with Gasteiger partial charge in [0, 0.05) is 51.2 Å². The molecule has 40 heavy (non-hydrogen) atoms. The molecule has 11 heteroatoms. The van der Waals surface area contributed by atoms with E-state index in [1.165, 1.54) is 11.1 Å². The van der Waals surface area contributed by atoms with Crippen molar-refractivity contribution in [2.45, 2.75) is 45.4 Å². The van der Waals surface area contributed by atoms with Gasteiger partial charge in [0.25, 0.3) is 5.91 Å². The Labute approximate surface area is 242 Å². The highest BCUT2D eigenvalue weighted by atomic mass is 79.9. The molecule has 10 nitrogen and oxygen atoms in total. The summed E-state index contributed by atoms with van der Waals surface area (Å²) in [5.41, 5.74) is 4.18. The number of rotatable bonds is 6. The first-order valence-electron chi connectivity index (χ1n) is 13.3. The highest BCUT2D eigenvalue weighted by molar-refractivity contribution is 9.10. The van der Waals surface area contributed by atoms with Crippen molar-refractivity contribution in [3.63, 3.8) is 0 Å². The molecule has 3 heterocycles. The van der Waals surface area contributed by atoms with Crippen molar-refractivity contribution in [3.05, 3.63) is 69.8 Å². The number of ether oxygens (including phenoxy) is 1. The number of nitrogens with zero attached hydrogens (tertiary/aromatic N) is 4. The minimum atomic E-state index is -0.477. The Bertz CT molecular complexity index is 1420. The zero-order valence-electron chi connectivity index (χ0n) is 23.1. The lowest BCUT2D eigenvalue weighted by molar-refractivity contribution is -0.0180. The molecule has 5 rings (SSSR count). The summed E-state index contributed by atoms with van der Waals surface area (Å²) in [6.45, 7) is 8.87. The molecule has 1 aromatic heterocycles. The number of hydrogen-bond acceptors (Lipinski definition) is 8. The largest absolute Gasteiger partial charge is 0.444 e. The number of amides is 2. The maximum absolute atomic E-state index is 12.3. The Morgan fingerprint density at radius 1 is 1.07 bits per heavy atom. The average molecular weight is 609 g/mol. The molecule has 1 saturated heterocycles. The zero-order chi connectivity index (χ0) is 28.4. The van der Waals surface area contributed by atoms with E-state index < -0.39 is 5.60 Å². The van der Waals surface area contributed by atoms with Gasteiger partial charge in [-0.15, -0.1) is 0 Å². The van der Waals surface area contributed by atoms with E-state index in [1.54, 1.807) is 24.2 Å². The van der Waals surface area contributed by atoms with E-state index >= 15 is 0 Å². The van der Waals surface area contributed by atoms with E-state index in [-0.39, 0.29) is 12.0 Å². The number of aromatic nitrogens is 2. The Morgan fingerprint density at radius 3 is 2.60 bits per heavy atom. The molecule has 0 aliphatic carbocycles. The van der Waals surface area contributed by atoms with Gasteiger partial charge in [0.15, 0.2) is 0 Å². The second-order valence-electron chi connectivity index (χ2n) is 11.0. The lowest BCUT2D eigenvalue weighted by Crippen LogP contribution is -2.62. The minimum absolute atomic E-state index is 0.183. The standard InChI is InChI=1S/C29H34BrN7O3/c1-29(2,3)40-28(39)37-16-21(17-37)36-12-11-18-13-20(10-9-19(18)15-36)33-27-32-14-23(30)25(35-27)34-24-8-6-5-7-22(24)26(38)31-4/h5-10,13-14,21H,11-12,15-17H2,1-4H3,(H,31,38)(H2,32,33,34,35). The van der Waals surface area contributed by atoms with Crippen LogP contribution in [0.25, 0.3) is 0 Å². The van der Waals surface area contributed by atoms with Crippen LogP contribution in [0.1, 0.15) is 42.3 Å². The van der Waals surface area contributed by atoms with Crippen molar-refractivity contribution in [3.8, 4) is 0 Å². The van der Waals surface area contributed by atoms with Gasteiger partial charge in [0.2, 0.25) is 5.95 Å². The van der Waals surface area contributed by atoms with Crippen LogP contribution in [0.2, 0.25) is 0 Å². The summed E-state index contributed by atoms with van der Waals surface area (Å²) >= 11 is 3.50. The van der Waals surface area contributed by atoms with Crippen LogP contribution in [0, 0.1) is 0 Å². The van der Waals surface area contributed by atoms with Crippen molar-refractivity contribution in [2.75, 3.05) is 37.3 Å². The summed E-state index contributed by atoms with van der Waals surface area (Å²) in [7, 11) is 1.60. The molecule has 2 aromatic carbocycles. The van der Waals surface area contributed by atoms with Crippen LogP contribution in [-0.2, 0) is 17.7 Å². The molecule has 0 unspecified atom stereocenters. The predicted octanol–water partition coefficient (Wildman–Crippen LogP) is 5.06. The molecule has 0 saturated carbocycles. The molecule has 3 aromatic rings. The Morgan fingerprint density at radius 2 is 1.85 bits per heavy atom. The molecule has 210 valence electrons. The van der Waals surface area contributed by atoms with Gasteiger partial charge in [-0.25, -0.2) is 9.78 Å². The molecule has 1 fully saturated rings. The van der Waals surface area contributed by atoms with Gasteiger partial charge in [-0.3, -0.25) is 9.69 Å². The fourth-order valence-electron chi connectivity index (χ4n) is 4.82. The molecule has 0 bridgehead atoms. The quantitative estimate of drug-likeness (QED) is 0.356. The number of hydrogen-bond donors (Lipinski definition) is 3. The van der Waals surface area contributed by atoms with Crippen LogP contribution in [0.4, 0.5) is 27.9 Å². The topological polar surface area (TPSA) is 112 Å². The first kappa shape index (κ1) is 27.9. The predicted molar refractivity (Wildman–Crippen MR) is 158 cm³/mol. The molecule has 2 amide bonds. The number of likely N-dealkylation sites (tertiary alicyclic amines) is 1. The molecule has 0 spiro atoms. The van der Waals surface area contributed by atoms with Crippen molar-refractivity contribution < 1.29 is 14.3 Å². The second kappa shape index (κ2) is 11.4. The van der Waals surface area contributed by atoms with Crippen LogP contribution in [0.15, 0.2) is 53.1 Å². The Kier molecular flexibility index (Phi) is 7.95. The monoisotopic (exact) mass is 607 g/mol. The number of benzene rings is 2. The van der Waals surface area contributed by atoms with Gasteiger partial charge in [-0.2, -0.15) is 4.98 Å². The third-order valence-electron chi connectivity index (χ3n) is 6.93. The van der Waals surface area contributed by atoms with Crippen LogP contribution < -0.4 is 16.0 Å². The fraction of sp³-hybridized carbons (Fsp3) is 0.379. The molecule has 2 aliphatic rings. The smallest absolute Gasteiger partial charge is 0.410 e. The number of carbonyl (C=O) groups excluding carboxylic acids is 2. The third-order valence-corrected chi connectivity index (χ3v) is 7.51. The number of para-hydroxylation sites is 1. The third kappa shape index (κ3) is 6.37. The van der Waals surface area contributed by atoms with Crippen molar-refractivity contribution >= 4 is 51.1 Å². The van der Waals surface area contributed by atoms with E-state index in [9.17, 15) is 9.59 Å².